The lowest BCUT2D eigenvalue weighted by atomic mass is 9.61. The lowest BCUT2D eigenvalue weighted by Crippen LogP contribution is -2.40. The maximum absolute atomic E-state index is 6.09. The second-order valence-electron chi connectivity index (χ2n) is 6.73. The van der Waals surface area contributed by atoms with Gasteiger partial charge in [-0.3, -0.25) is 0 Å². The van der Waals surface area contributed by atoms with E-state index in [1.165, 1.54) is 51.4 Å². The first-order chi connectivity index (χ1) is 7.08. The molecule has 1 heteroatoms. The first-order valence-electron chi connectivity index (χ1n) is 6.78. The third-order valence-corrected chi connectivity index (χ3v) is 5.08. The highest BCUT2D eigenvalue weighted by Gasteiger charge is 2.43. The molecule has 2 aliphatic carbocycles. The van der Waals surface area contributed by atoms with Gasteiger partial charge < -0.3 is 5.73 Å². The van der Waals surface area contributed by atoms with Gasteiger partial charge in [-0.15, -0.1) is 0 Å². The standard InChI is InChI=1S/C14H27N/c1-13(2)7-5-6-12(10-13)14(11-15)8-3-4-9-14/h12H,3-11,15H2,1-2H3. The topological polar surface area (TPSA) is 26.0 Å². The Morgan fingerprint density at radius 1 is 1.07 bits per heavy atom. The van der Waals surface area contributed by atoms with Crippen molar-refractivity contribution in [1.82, 2.24) is 0 Å². The van der Waals surface area contributed by atoms with E-state index in [1.807, 2.05) is 0 Å². The van der Waals surface area contributed by atoms with Crippen LogP contribution in [0.5, 0.6) is 0 Å². The molecule has 1 nitrogen and oxygen atoms in total. The molecule has 0 heterocycles. The quantitative estimate of drug-likeness (QED) is 0.737. The molecule has 0 bridgehead atoms. The summed E-state index contributed by atoms with van der Waals surface area (Å²) in [7, 11) is 0. The van der Waals surface area contributed by atoms with E-state index in [2.05, 4.69) is 13.8 Å². The Bertz CT molecular complexity index is 213. The van der Waals surface area contributed by atoms with E-state index in [0.717, 1.165) is 12.5 Å². The smallest absolute Gasteiger partial charge is 0.00179 e. The van der Waals surface area contributed by atoms with Crippen LogP contribution in [-0.4, -0.2) is 6.54 Å². The first-order valence-corrected chi connectivity index (χ1v) is 6.78. The monoisotopic (exact) mass is 209 g/mol. The van der Waals surface area contributed by atoms with E-state index < -0.39 is 0 Å². The van der Waals surface area contributed by atoms with Gasteiger partial charge >= 0.3 is 0 Å². The Balaban J connectivity index is 2.08. The number of hydrogen-bond acceptors (Lipinski definition) is 1. The van der Waals surface area contributed by atoms with Crippen LogP contribution in [0.4, 0.5) is 0 Å². The van der Waals surface area contributed by atoms with Crippen molar-refractivity contribution in [2.75, 3.05) is 6.54 Å². The van der Waals surface area contributed by atoms with Crippen LogP contribution < -0.4 is 5.73 Å². The van der Waals surface area contributed by atoms with Gasteiger partial charge in [0, 0.05) is 0 Å². The van der Waals surface area contributed by atoms with Gasteiger partial charge in [-0.05, 0) is 55.4 Å². The van der Waals surface area contributed by atoms with Gasteiger partial charge in [-0.25, -0.2) is 0 Å². The summed E-state index contributed by atoms with van der Waals surface area (Å²) >= 11 is 0. The average molecular weight is 209 g/mol. The van der Waals surface area contributed by atoms with Crippen LogP contribution in [0.1, 0.15) is 65.2 Å². The highest BCUT2D eigenvalue weighted by Crippen LogP contribution is 2.52. The van der Waals surface area contributed by atoms with Crippen molar-refractivity contribution < 1.29 is 0 Å². The van der Waals surface area contributed by atoms with Crippen LogP contribution in [0.2, 0.25) is 0 Å². The minimum Gasteiger partial charge on any atom is -0.330 e. The summed E-state index contributed by atoms with van der Waals surface area (Å²) in [5, 5.41) is 0. The summed E-state index contributed by atoms with van der Waals surface area (Å²) < 4.78 is 0. The van der Waals surface area contributed by atoms with Gasteiger partial charge in [0.05, 0.1) is 0 Å². The fraction of sp³-hybridized carbons (Fsp3) is 1.00. The van der Waals surface area contributed by atoms with E-state index >= 15 is 0 Å². The van der Waals surface area contributed by atoms with Crippen LogP contribution in [0.3, 0.4) is 0 Å². The van der Waals surface area contributed by atoms with Crippen molar-refractivity contribution >= 4 is 0 Å². The SMILES string of the molecule is CC1(C)CCCC(C2(CN)CCCC2)C1. The fourth-order valence-electron chi connectivity index (χ4n) is 4.08. The number of nitrogens with two attached hydrogens (primary N) is 1. The molecule has 0 spiro atoms. The van der Waals surface area contributed by atoms with Gasteiger partial charge in [0.25, 0.3) is 0 Å². The van der Waals surface area contributed by atoms with Crippen LogP contribution in [0.15, 0.2) is 0 Å². The highest BCUT2D eigenvalue weighted by molar-refractivity contribution is 4.95. The van der Waals surface area contributed by atoms with Gasteiger partial charge in [0.2, 0.25) is 0 Å². The van der Waals surface area contributed by atoms with Gasteiger partial charge in [-0.2, -0.15) is 0 Å². The van der Waals surface area contributed by atoms with Gasteiger partial charge in [0.1, 0.15) is 0 Å². The predicted octanol–water partition coefficient (Wildman–Crippen LogP) is 3.72. The Kier molecular flexibility index (Phi) is 3.12. The minimum absolute atomic E-state index is 0.539. The van der Waals surface area contributed by atoms with Gasteiger partial charge in [-0.1, -0.05) is 33.1 Å². The molecule has 0 aliphatic heterocycles. The third-order valence-electron chi connectivity index (χ3n) is 5.08. The molecule has 2 aliphatic rings. The Morgan fingerprint density at radius 3 is 2.27 bits per heavy atom. The molecule has 88 valence electrons. The Hall–Kier alpha value is -0.0400. The third kappa shape index (κ3) is 2.22. The number of hydrogen-bond donors (Lipinski definition) is 1. The van der Waals surface area contributed by atoms with Gasteiger partial charge in [0.15, 0.2) is 0 Å². The predicted molar refractivity (Wildman–Crippen MR) is 65.7 cm³/mol. The molecule has 2 rings (SSSR count). The first kappa shape index (κ1) is 11.4. The normalized spacial score (nSPS) is 34.2. The number of rotatable bonds is 2. The Morgan fingerprint density at radius 2 is 1.73 bits per heavy atom. The molecule has 0 aromatic carbocycles. The van der Waals surface area contributed by atoms with E-state index in [4.69, 9.17) is 5.73 Å². The molecule has 2 fully saturated rings. The Labute approximate surface area is 94.8 Å². The van der Waals surface area contributed by atoms with E-state index in [0.29, 0.717) is 10.8 Å². The summed E-state index contributed by atoms with van der Waals surface area (Å²) in [5.74, 6) is 0.925. The minimum atomic E-state index is 0.539. The van der Waals surface area contributed by atoms with Crippen molar-refractivity contribution in [3.8, 4) is 0 Å². The van der Waals surface area contributed by atoms with Crippen molar-refractivity contribution in [2.24, 2.45) is 22.5 Å². The molecule has 1 unspecified atom stereocenters. The summed E-state index contributed by atoms with van der Waals surface area (Å²) in [4.78, 5) is 0. The largest absolute Gasteiger partial charge is 0.330 e. The lowest BCUT2D eigenvalue weighted by Gasteiger charge is -2.45. The molecular weight excluding hydrogens is 182 g/mol. The van der Waals surface area contributed by atoms with E-state index in [-0.39, 0.29) is 0 Å². The summed E-state index contributed by atoms with van der Waals surface area (Å²) in [6.45, 7) is 5.82. The molecule has 15 heavy (non-hydrogen) atoms. The average Bonchev–Trinajstić information content (AvgIpc) is 2.65. The lowest BCUT2D eigenvalue weighted by molar-refractivity contribution is 0.0680. The molecule has 0 radical (unpaired) electrons. The zero-order valence-electron chi connectivity index (χ0n) is 10.5. The maximum Gasteiger partial charge on any atom is -0.00179 e. The van der Waals surface area contributed by atoms with Crippen LogP contribution >= 0.6 is 0 Å². The second kappa shape index (κ2) is 4.08. The van der Waals surface area contributed by atoms with Crippen molar-refractivity contribution in [1.29, 1.82) is 0 Å². The van der Waals surface area contributed by atoms with Crippen molar-refractivity contribution in [2.45, 2.75) is 65.2 Å². The second-order valence-corrected chi connectivity index (χ2v) is 6.73. The van der Waals surface area contributed by atoms with E-state index in [1.54, 1.807) is 0 Å². The van der Waals surface area contributed by atoms with Crippen LogP contribution in [-0.2, 0) is 0 Å². The molecule has 0 amide bonds. The molecule has 0 saturated heterocycles. The summed E-state index contributed by atoms with van der Waals surface area (Å²) in [5.41, 5.74) is 7.20. The summed E-state index contributed by atoms with van der Waals surface area (Å²) in [6, 6.07) is 0. The molecular formula is C14H27N. The van der Waals surface area contributed by atoms with E-state index in [9.17, 15) is 0 Å². The molecule has 0 aromatic rings. The van der Waals surface area contributed by atoms with Crippen molar-refractivity contribution in [3.63, 3.8) is 0 Å². The summed E-state index contributed by atoms with van der Waals surface area (Å²) in [6.07, 6.45) is 11.4. The molecule has 2 saturated carbocycles. The van der Waals surface area contributed by atoms with Crippen LogP contribution in [0, 0.1) is 16.7 Å². The molecule has 0 aromatic heterocycles. The maximum atomic E-state index is 6.09. The molecule has 2 N–H and O–H groups in total. The fourth-order valence-corrected chi connectivity index (χ4v) is 4.08. The zero-order chi connectivity index (χ0) is 10.9. The van der Waals surface area contributed by atoms with Crippen molar-refractivity contribution in [3.05, 3.63) is 0 Å². The molecule has 1 atom stereocenters. The highest BCUT2D eigenvalue weighted by atomic mass is 14.6. The van der Waals surface area contributed by atoms with Crippen LogP contribution in [0.25, 0.3) is 0 Å². The zero-order valence-corrected chi connectivity index (χ0v) is 10.5.